The SMILES string of the molecule is CC1Cc2cc(C(=O)N(CC(=O)O)C3CC3)ccc2N1S(C)(=O)=O. The zero-order chi connectivity index (χ0) is 17.6. The van der Waals surface area contributed by atoms with Gasteiger partial charge in [-0.15, -0.1) is 0 Å². The molecular weight excluding hydrogens is 332 g/mol. The number of carbonyl (C=O) groups excluding carboxylic acids is 1. The molecule has 0 bridgehead atoms. The van der Waals surface area contributed by atoms with E-state index < -0.39 is 16.0 Å². The molecule has 2 aliphatic rings. The number of anilines is 1. The van der Waals surface area contributed by atoms with Crippen LogP contribution in [0.3, 0.4) is 0 Å². The van der Waals surface area contributed by atoms with Gasteiger partial charge < -0.3 is 10.0 Å². The highest BCUT2D eigenvalue weighted by Gasteiger charge is 2.36. The molecule has 1 heterocycles. The number of fused-ring (bicyclic) bond motifs is 1. The fourth-order valence-corrected chi connectivity index (χ4v) is 4.57. The average Bonchev–Trinajstić information content (AvgIpc) is 3.23. The van der Waals surface area contributed by atoms with E-state index in [9.17, 15) is 18.0 Å². The van der Waals surface area contributed by atoms with Gasteiger partial charge in [0.1, 0.15) is 6.54 Å². The number of aliphatic carboxylic acids is 1. The molecule has 0 spiro atoms. The van der Waals surface area contributed by atoms with E-state index in [1.165, 1.54) is 15.5 Å². The lowest BCUT2D eigenvalue weighted by Crippen LogP contribution is -2.37. The van der Waals surface area contributed by atoms with Crippen molar-refractivity contribution >= 4 is 27.6 Å². The molecule has 8 heteroatoms. The Kier molecular flexibility index (Phi) is 4.03. The molecule has 3 rings (SSSR count). The highest BCUT2D eigenvalue weighted by atomic mass is 32.2. The summed E-state index contributed by atoms with van der Waals surface area (Å²) in [6.07, 6.45) is 3.34. The number of amides is 1. The Morgan fingerprint density at radius 3 is 2.54 bits per heavy atom. The minimum absolute atomic E-state index is 0.00621. The maximum atomic E-state index is 12.7. The number of sulfonamides is 1. The first-order chi connectivity index (χ1) is 11.2. The lowest BCUT2D eigenvalue weighted by atomic mass is 10.1. The van der Waals surface area contributed by atoms with Crippen molar-refractivity contribution in [3.05, 3.63) is 29.3 Å². The molecule has 0 saturated heterocycles. The van der Waals surface area contributed by atoms with Crippen molar-refractivity contribution in [3.63, 3.8) is 0 Å². The Balaban J connectivity index is 1.91. The standard InChI is InChI=1S/C16H20N2O5S/c1-10-7-12-8-11(3-6-14(12)18(10)24(2,22)23)16(21)17(9-15(19)20)13-4-5-13/h3,6,8,10,13H,4-5,7,9H2,1-2H3,(H,19,20). The van der Waals surface area contributed by atoms with Gasteiger partial charge in [0.05, 0.1) is 11.9 Å². The van der Waals surface area contributed by atoms with Gasteiger partial charge in [0.2, 0.25) is 10.0 Å². The van der Waals surface area contributed by atoms with Crippen LogP contribution < -0.4 is 4.31 Å². The van der Waals surface area contributed by atoms with Gasteiger partial charge in [0, 0.05) is 17.6 Å². The molecule has 1 aliphatic heterocycles. The zero-order valence-corrected chi connectivity index (χ0v) is 14.4. The minimum Gasteiger partial charge on any atom is -0.480 e. The Hall–Kier alpha value is -2.09. The number of rotatable bonds is 5. The molecule has 1 aliphatic carbocycles. The number of nitrogens with zero attached hydrogens (tertiary/aromatic N) is 2. The smallest absolute Gasteiger partial charge is 0.323 e. The summed E-state index contributed by atoms with van der Waals surface area (Å²) in [6, 6.07) is 4.71. The molecule has 1 atom stereocenters. The molecule has 0 aromatic heterocycles. The lowest BCUT2D eigenvalue weighted by molar-refractivity contribution is -0.137. The predicted molar refractivity (Wildman–Crippen MR) is 88.6 cm³/mol. The monoisotopic (exact) mass is 352 g/mol. The second kappa shape index (κ2) is 5.77. The predicted octanol–water partition coefficient (Wildman–Crippen LogP) is 1.09. The maximum Gasteiger partial charge on any atom is 0.323 e. The van der Waals surface area contributed by atoms with Crippen LogP contribution in [0.4, 0.5) is 5.69 Å². The van der Waals surface area contributed by atoms with E-state index in [-0.39, 0.29) is 24.5 Å². The van der Waals surface area contributed by atoms with Gasteiger partial charge in [-0.3, -0.25) is 13.9 Å². The fraction of sp³-hybridized carbons (Fsp3) is 0.500. The van der Waals surface area contributed by atoms with Crippen LogP contribution >= 0.6 is 0 Å². The van der Waals surface area contributed by atoms with Crippen molar-refractivity contribution in [2.45, 2.75) is 38.3 Å². The second-order valence-corrected chi connectivity index (χ2v) is 8.37. The molecule has 7 nitrogen and oxygen atoms in total. The molecule has 1 aromatic carbocycles. The van der Waals surface area contributed by atoms with Crippen molar-refractivity contribution in [2.75, 3.05) is 17.1 Å². The molecule has 1 amide bonds. The first-order valence-electron chi connectivity index (χ1n) is 7.83. The third-order valence-electron chi connectivity index (χ3n) is 4.39. The largest absolute Gasteiger partial charge is 0.480 e. The van der Waals surface area contributed by atoms with Crippen molar-refractivity contribution in [2.24, 2.45) is 0 Å². The third kappa shape index (κ3) is 3.10. The molecule has 1 N–H and O–H groups in total. The van der Waals surface area contributed by atoms with Crippen LogP contribution in [-0.4, -0.2) is 55.2 Å². The normalized spacial score (nSPS) is 19.9. The van der Waals surface area contributed by atoms with Crippen molar-refractivity contribution in [3.8, 4) is 0 Å². The highest BCUT2D eigenvalue weighted by molar-refractivity contribution is 7.92. The van der Waals surface area contributed by atoms with Gasteiger partial charge in [-0.25, -0.2) is 8.42 Å². The maximum absolute atomic E-state index is 12.7. The first-order valence-corrected chi connectivity index (χ1v) is 9.68. The van der Waals surface area contributed by atoms with Crippen LogP contribution in [0.2, 0.25) is 0 Å². The zero-order valence-electron chi connectivity index (χ0n) is 13.6. The van der Waals surface area contributed by atoms with Crippen molar-refractivity contribution in [1.29, 1.82) is 0 Å². The van der Waals surface area contributed by atoms with Gasteiger partial charge in [0.15, 0.2) is 0 Å². The van der Waals surface area contributed by atoms with Gasteiger partial charge in [-0.2, -0.15) is 0 Å². The van der Waals surface area contributed by atoms with E-state index in [2.05, 4.69) is 0 Å². The Labute approximate surface area is 140 Å². The number of carbonyl (C=O) groups is 2. The Morgan fingerprint density at radius 2 is 2.00 bits per heavy atom. The highest BCUT2D eigenvalue weighted by Crippen LogP contribution is 2.35. The van der Waals surface area contributed by atoms with E-state index >= 15 is 0 Å². The van der Waals surface area contributed by atoms with E-state index in [0.29, 0.717) is 17.7 Å². The Morgan fingerprint density at radius 1 is 1.33 bits per heavy atom. The topological polar surface area (TPSA) is 95.0 Å². The van der Waals surface area contributed by atoms with Crippen molar-refractivity contribution in [1.82, 2.24) is 4.90 Å². The van der Waals surface area contributed by atoms with Crippen LogP contribution in [0, 0.1) is 0 Å². The second-order valence-electron chi connectivity index (χ2n) is 6.51. The van der Waals surface area contributed by atoms with Crippen molar-refractivity contribution < 1.29 is 23.1 Å². The number of hydrogen-bond acceptors (Lipinski definition) is 4. The average molecular weight is 352 g/mol. The van der Waals surface area contributed by atoms with E-state index in [0.717, 1.165) is 18.4 Å². The van der Waals surface area contributed by atoms with Gasteiger partial charge >= 0.3 is 5.97 Å². The van der Waals surface area contributed by atoms with E-state index in [1.807, 2.05) is 6.92 Å². The third-order valence-corrected chi connectivity index (χ3v) is 5.66. The molecule has 1 saturated carbocycles. The lowest BCUT2D eigenvalue weighted by Gasteiger charge is -2.22. The van der Waals surface area contributed by atoms with Crippen LogP contribution in [0.25, 0.3) is 0 Å². The summed E-state index contributed by atoms with van der Waals surface area (Å²) in [5, 5.41) is 9.00. The first kappa shape index (κ1) is 16.8. The fourth-order valence-electron chi connectivity index (χ4n) is 3.31. The minimum atomic E-state index is -3.37. The van der Waals surface area contributed by atoms with E-state index in [1.54, 1.807) is 18.2 Å². The molecule has 0 radical (unpaired) electrons. The summed E-state index contributed by atoms with van der Waals surface area (Å²) < 4.78 is 25.2. The quantitative estimate of drug-likeness (QED) is 0.856. The summed E-state index contributed by atoms with van der Waals surface area (Å²) in [5.41, 5.74) is 1.80. The summed E-state index contributed by atoms with van der Waals surface area (Å²) >= 11 is 0. The van der Waals surface area contributed by atoms with Crippen LogP contribution in [0.15, 0.2) is 18.2 Å². The van der Waals surface area contributed by atoms with Gasteiger partial charge in [0.25, 0.3) is 5.91 Å². The summed E-state index contributed by atoms with van der Waals surface area (Å²) in [5.74, 6) is -1.35. The van der Waals surface area contributed by atoms with Crippen LogP contribution in [0.1, 0.15) is 35.7 Å². The molecule has 1 aromatic rings. The van der Waals surface area contributed by atoms with Gasteiger partial charge in [-0.05, 0) is 49.9 Å². The van der Waals surface area contributed by atoms with Crippen LogP contribution in [0.5, 0.6) is 0 Å². The summed E-state index contributed by atoms with van der Waals surface area (Å²) in [6.45, 7) is 1.51. The van der Waals surface area contributed by atoms with Gasteiger partial charge in [-0.1, -0.05) is 0 Å². The number of hydrogen-bond donors (Lipinski definition) is 1. The Bertz CT molecular complexity index is 801. The number of benzene rings is 1. The number of carboxylic acid groups (broad SMARTS) is 1. The molecule has 24 heavy (non-hydrogen) atoms. The summed E-state index contributed by atoms with van der Waals surface area (Å²) in [7, 11) is -3.37. The molecule has 130 valence electrons. The summed E-state index contributed by atoms with van der Waals surface area (Å²) in [4.78, 5) is 25.0. The van der Waals surface area contributed by atoms with Crippen LogP contribution in [-0.2, 0) is 21.2 Å². The molecular formula is C16H20N2O5S. The molecule has 1 fully saturated rings. The van der Waals surface area contributed by atoms with E-state index in [4.69, 9.17) is 5.11 Å². The molecule has 1 unspecified atom stereocenters. The number of carboxylic acids is 1.